The van der Waals surface area contributed by atoms with E-state index < -0.39 is 28.6 Å². The minimum atomic E-state index is -3.98. The van der Waals surface area contributed by atoms with Crippen LogP contribution < -0.4 is 19.9 Å². The number of sulfonamides is 1. The third kappa shape index (κ3) is 4.30. The summed E-state index contributed by atoms with van der Waals surface area (Å²) >= 11 is 3.11. The summed E-state index contributed by atoms with van der Waals surface area (Å²) in [5.41, 5.74) is 4.85. The molecule has 4 N–H and O–H groups in total. The molecule has 0 spiro atoms. The first kappa shape index (κ1) is 17.7. The molecular weight excluding hydrogens is 368 g/mol. The number of amides is 1. The average Bonchev–Trinajstić information content (AvgIpc) is 2.43. The summed E-state index contributed by atoms with van der Waals surface area (Å²) in [6, 6.07) is 2.68. The van der Waals surface area contributed by atoms with Crippen molar-refractivity contribution in [3.63, 3.8) is 0 Å². The van der Waals surface area contributed by atoms with Gasteiger partial charge in [-0.25, -0.2) is 13.1 Å². The molecule has 0 radical (unpaired) electrons. The maximum atomic E-state index is 12.1. The maximum absolute atomic E-state index is 12.1. The van der Waals surface area contributed by atoms with Gasteiger partial charge in [0.1, 0.15) is 11.0 Å². The van der Waals surface area contributed by atoms with Crippen LogP contribution in [0.25, 0.3) is 0 Å². The summed E-state index contributed by atoms with van der Waals surface area (Å²) in [4.78, 5) is 10.6. The van der Waals surface area contributed by atoms with Crippen LogP contribution in [-0.2, 0) is 14.8 Å². The lowest BCUT2D eigenvalue weighted by Crippen LogP contribution is -2.40. The highest BCUT2D eigenvalue weighted by atomic mass is 79.9. The minimum Gasteiger partial charge on any atom is -0.493 e. The molecule has 21 heavy (non-hydrogen) atoms. The second-order valence-corrected chi connectivity index (χ2v) is 6.50. The van der Waals surface area contributed by atoms with E-state index in [0.29, 0.717) is 5.75 Å². The summed E-state index contributed by atoms with van der Waals surface area (Å²) < 4.78 is 36.7. The molecule has 0 aliphatic carbocycles. The smallest absolute Gasteiger partial charge is 0.247 e. The van der Waals surface area contributed by atoms with E-state index in [1.54, 1.807) is 0 Å². The van der Waals surface area contributed by atoms with E-state index in [-0.39, 0.29) is 15.1 Å². The molecule has 1 rings (SSSR count). The Labute approximate surface area is 130 Å². The van der Waals surface area contributed by atoms with Crippen LogP contribution in [0.15, 0.2) is 21.5 Å². The number of hydrogen-bond donors (Lipinski definition) is 3. The van der Waals surface area contributed by atoms with Crippen molar-refractivity contribution < 1.29 is 27.8 Å². The summed E-state index contributed by atoms with van der Waals surface area (Å²) in [5, 5.41) is 9.23. The minimum absolute atomic E-state index is 0.128. The van der Waals surface area contributed by atoms with Gasteiger partial charge in [0.15, 0.2) is 11.5 Å². The fourth-order valence-corrected chi connectivity index (χ4v) is 3.48. The molecule has 1 amide bonds. The highest BCUT2D eigenvalue weighted by molar-refractivity contribution is 9.10. The highest BCUT2D eigenvalue weighted by Crippen LogP contribution is 2.35. The van der Waals surface area contributed by atoms with Crippen LogP contribution in [0.4, 0.5) is 0 Å². The summed E-state index contributed by atoms with van der Waals surface area (Å²) in [5.74, 6) is -0.457. The number of nitrogens with one attached hydrogen (secondary N) is 1. The summed E-state index contributed by atoms with van der Waals surface area (Å²) in [6.45, 7) is -0.529. The standard InChI is InChI=1S/C11H15BrN2O6S/c1-19-8-3-6(12)10(4-9(8)20-2)21(17,18)14-5-7(15)11(13)16/h3-4,7,14-15H,5H2,1-2H3,(H2,13,16). The molecule has 10 heteroatoms. The van der Waals surface area contributed by atoms with E-state index in [0.717, 1.165) is 0 Å². The number of rotatable bonds is 7. The molecule has 0 fully saturated rings. The molecule has 0 bridgehead atoms. The van der Waals surface area contributed by atoms with Crippen molar-refractivity contribution in [2.45, 2.75) is 11.0 Å². The van der Waals surface area contributed by atoms with Crippen LogP contribution in [0.2, 0.25) is 0 Å². The monoisotopic (exact) mass is 382 g/mol. The lowest BCUT2D eigenvalue weighted by Gasteiger charge is -2.14. The molecule has 0 aromatic heterocycles. The normalized spacial score (nSPS) is 12.8. The molecular formula is C11H15BrN2O6S. The fourth-order valence-electron chi connectivity index (χ4n) is 1.41. The van der Waals surface area contributed by atoms with Gasteiger partial charge in [0, 0.05) is 17.1 Å². The Morgan fingerprint density at radius 2 is 1.90 bits per heavy atom. The number of primary amides is 1. The van der Waals surface area contributed by atoms with Crippen molar-refractivity contribution in [1.29, 1.82) is 0 Å². The number of aliphatic hydroxyl groups is 1. The van der Waals surface area contributed by atoms with Crippen molar-refractivity contribution >= 4 is 31.9 Å². The number of ether oxygens (including phenoxy) is 2. The number of benzene rings is 1. The molecule has 1 aromatic carbocycles. The molecule has 1 aromatic rings. The van der Waals surface area contributed by atoms with Crippen molar-refractivity contribution in [3.05, 3.63) is 16.6 Å². The lowest BCUT2D eigenvalue weighted by molar-refractivity contribution is -0.125. The predicted octanol–water partition coefficient (Wildman–Crippen LogP) is -0.409. The molecule has 0 aliphatic rings. The van der Waals surface area contributed by atoms with Gasteiger partial charge >= 0.3 is 0 Å². The van der Waals surface area contributed by atoms with E-state index in [1.807, 2.05) is 0 Å². The fraction of sp³-hybridized carbons (Fsp3) is 0.364. The van der Waals surface area contributed by atoms with E-state index in [9.17, 15) is 18.3 Å². The molecule has 0 heterocycles. The molecule has 8 nitrogen and oxygen atoms in total. The molecule has 0 aliphatic heterocycles. The van der Waals surface area contributed by atoms with Crippen LogP contribution in [0.1, 0.15) is 0 Å². The van der Waals surface area contributed by atoms with Crippen molar-refractivity contribution in [3.8, 4) is 11.5 Å². The van der Waals surface area contributed by atoms with Gasteiger partial charge in [-0.1, -0.05) is 0 Å². The number of halogens is 1. The number of aliphatic hydroxyl groups excluding tert-OH is 1. The Balaban J connectivity index is 3.11. The first-order valence-electron chi connectivity index (χ1n) is 5.61. The first-order valence-corrected chi connectivity index (χ1v) is 7.89. The number of hydrogen-bond acceptors (Lipinski definition) is 6. The molecule has 1 atom stereocenters. The zero-order valence-electron chi connectivity index (χ0n) is 11.3. The topological polar surface area (TPSA) is 128 Å². The predicted molar refractivity (Wildman–Crippen MR) is 77.6 cm³/mol. The lowest BCUT2D eigenvalue weighted by atomic mass is 10.3. The first-order chi connectivity index (χ1) is 9.72. The molecule has 118 valence electrons. The SMILES string of the molecule is COc1cc(Br)c(S(=O)(=O)NCC(O)C(N)=O)cc1OC. The van der Waals surface area contributed by atoms with Crippen molar-refractivity contribution in [2.24, 2.45) is 5.73 Å². The number of carbonyl (C=O) groups is 1. The molecule has 1 unspecified atom stereocenters. The Bertz CT molecular complexity index is 634. The van der Waals surface area contributed by atoms with Gasteiger partial charge in [0.05, 0.1) is 14.2 Å². The van der Waals surface area contributed by atoms with Gasteiger partial charge in [-0.3, -0.25) is 4.79 Å². The van der Waals surface area contributed by atoms with Gasteiger partial charge in [-0.2, -0.15) is 0 Å². The Kier molecular flexibility index (Phi) is 5.96. The molecule has 0 saturated heterocycles. The van der Waals surface area contributed by atoms with Gasteiger partial charge in [0.2, 0.25) is 15.9 Å². The number of methoxy groups -OCH3 is 2. The van der Waals surface area contributed by atoms with Gasteiger partial charge in [-0.15, -0.1) is 0 Å². The van der Waals surface area contributed by atoms with E-state index in [4.69, 9.17) is 15.2 Å². The van der Waals surface area contributed by atoms with Gasteiger partial charge in [-0.05, 0) is 22.0 Å². The average molecular weight is 383 g/mol. The van der Waals surface area contributed by atoms with Crippen LogP contribution >= 0.6 is 15.9 Å². The van der Waals surface area contributed by atoms with Gasteiger partial charge < -0.3 is 20.3 Å². The van der Waals surface area contributed by atoms with Crippen LogP contribution in [0, 0.1) is 0 Å². The highest BCUT2D eigenvalue weighted by Gasteiger charge is 2.23. The maximum Gasteiger partial charge on any atom is 0.247 e. The third-order valence-electron chi connectivity index (χ3n) is 2.52. The van der Waals surface area contributed by atoms with E-state index in [2.05, 4.69) is 20.7 Å². The summed E-state index contributed by atoms with van der Waals surface area (Å²) in [7, 11) is -1.19. The Morgan fingerprint density at radius 3 is 2.38 bits per heavy atom. The van der Waals surface area contributed by atoms with Crippen LogP contribution in [0.5, 0.6) is 11.5 Å². The van der Waals surface area contributed by atoms with E-state index in [1.165, 1.54) is 26.4 Å². The zero-order chi connectivity index (χ0) is 16.2. The Hall–Kier alpha value is -1.36. The van der Waals surface area contributed by atoms with Crippen LogP contribution in [0.3, 0.4) is 0 Å². The van der Waals surface area contributed by atoms with Crippen molar-refractivity contribution in [1.82, 2.24) is 4.72 Å². The quantitative estimate of drug-likeness (QED) is 0.587. The second kappa shape index (κ2) is 7.07. The van der Waals surface area contributed by atoms with E-state index >= 15 is 0 Å². The second-order valence-electron chi connectivity index (χ2n) is 3.91. The van der Waals surface area contributed by atoms with Gasteiger partial charge in [0.25, 0.3) is 0 Å². The Morgan fingerprint density at radius 1 is 1.38 bits per heavy atom. The molecule has 0 saturated carbocycles. The zero-order valence-corrected chi connectivity index (χ0v) is 13.7. The van der Waals surface area contributed by atoms with Crippen LogP contribution in [-0.4, -0.2) is 46.3 Å². The third-order valence-corrected chi connectivity index (χ3v) is 4.90. The summed E-state index contributed by atoms with van der Waals surface area (Å²) in [6.07, 6.45) is -1.61. The number of nitrogens with two attached hydrogens (primary N) is 1. The number of carbonyl (C=O) groups excluding carboxylic acids is 1. The van der Waals surface area contributed by atoms with Crippen molar-refractivity contribution in [2.75, 3.05) is 20.8 Å². The largest absolute Gasteiger partial charge is 0.493 e.